The summed E-state index contributed by atoms with van der Waals surface area (Å²) in [6, 6.07) is 3.41. The van der Waals surface area contributed by atoms with Crippen LogP contribution < -0.4 is 9.47 Å². The summed E-state index contributed by atoms with van der Waals surface area (Å²) < 4.78 is 11.6. The predicted molar refractivity (Wildman–Crippen MR) is 86.5 cm³/mol. The van der Waals surface area contributed by atoms with E-state index in [2.05, 4.69) is 0 Å². The number of carbonyl (C=O) groups is 2. The number of benzene rings is 1. The van der Waals surface area contributed by atoms with Crippen LogP contribution in [0.3, 0.4) is 0 Å². The molecule has 0 radical (unpaired) electrons. The second-order valence-electron chi connectivity index (χ2n) is 5.49. The van der Waals surface area contributed by atoms with Crippen molar-refractivity contribution in [1.29, 1.82) is 0 Å². The van der Waals surface area contributed by atoms with E-state index < -0.39 is 5.97 Å². The van der Waals surface area contributed by atoms with Crippen molar-refractivity contribution >= 4 is 33.3 Å². The van der Waals surface area contributed by atoms with Crippen molar-refractivity contribution in [3.05, 3.63) is 22.6 Å². The van der Waals surface area contributed by atoms with Crippen LogP contribution in [0, 0.1) is 0 Å². The fourth-order valence-corrected chi connectivity index (χ4v) is 4.08. The quantitative estimate of drug-likeness (QED) is 0.909. The maximum atomic E-state index is 12.6. The molecule has 1 amide bonds. The van der Waals surface area contributed by atoms with Gasteiger partial charge >= 0.3 is 5.97 Å². The molecule has 2 heterocycles. The van der Waals surface area contributed by atoms with Crippen molar-refractivity contribution in [2.24, 2.45) is 0 Å². The molecule has 1 aliphatic heterocycles. The second kappa shape index (κ2) is 5.73. The number of rotatable bonds is 5. The smallest absolute Gasteiger partial charge is 0.305 e. The summed E-state index contributed by atoms with van der Waals surface area (Å²) in [4.78, 5) is 25.8. The standard InChI is InChI=1S/C16H17NO5S/c1-8(4-14(18)19)17-7-10-9-5-11(21-2)12(22-3)6-13(9)23-15(10)16(17)20/h5-6,8H,4,7H2,1-3H3,(H,18,19). The second-order valence-corrected chi connectivity index (χ2v) is 6.55. The molecule has 1 aliphatic rings. The zero-order valence-electron chi connectivity index (χ0n) is 13.1. The summed E-state index contributed by atoms with van der Waals surface area (Å²) in [6.07, 6.45) is -0.0598. The van der Waals surface area contributed by atoms with Crippen LogP contribution in [0.25, 0.3) is 10.1 Å². The Kier molecular flexibility index (Phi) is 3.89. The van der Waals surface area contributed by atoms with Gasteiger partial charge in [-0.25, -0.2) is 0 Å². The van der Waals surface area contributed by atoms with Crippen molar-refractivity contribution in [1.82, 2.24) is 4.90 Å². The highest BCUT2D eigenvalue weighted by Gasteiger charge is 2.35. The van der Waals surface area contributed by atoms with E-state index >= 15 is 0 Å². The van der Waals surface area contributed by atoms with Crippen molar-refractivity contribution < 1.29 is 24.2 Å². The molecule has 7 heteroatoms. The van der Waals surface area contributed by atoms with E-state index in [1.165, 1.54) is 11.3 Å². The Labute approximate surface area is 137 Å². The summed E-state index contributed by atoms with van der Waals surface area (Å²) in [5.41, 5.74) is 0.938. The number of fused-ring (bicyclic) bond motifs is 3. The molecule has 0 aliphatic carbocycles. The van der Waals surface area contributed by atoms with Crippen LogP contribution in [-0.2, 0) is 11.3 Å². The van der Waals surface area contributed by atoms with E-state index in [-0.39, 0.29) is 18.4 Å². The first-order chi connectivity index (χ1) is 11.0. The number of aliphatic carboxylic acids is 1. The fraction of sp³-hybridized carbons (Fsp3) is 0.375. The average molecular weight is 335 g/mol. The molecule has 6 nitrogen and oxygen atoms in total. The molecular formula is C16H17NO5S. The molecule has 23 heavy (non-hydrogen) atoms. The van der Waals surface area contributed by atoms with E-state index in [9.17, 15) is 9.59 Å². The number of nitrogens with zero attached hydrogens (tertiary/aromatic N) is 1. The van der Waals surface area contributed by atoms with Crippen LogP contribution >= 0.6 is 11.3 Å². The number of amides is 1. The third kappa shape index (κ3) is 2.50. The fourth-order valence-electron chi connectivity index (χ4n) is 2.90. The van der Waals surface area contributed by atoms with Crippen LogP contribution in [0.1, 0.15) is 28.6 Å². The van der Waals surface area contributed by atoms with Gasteiger partial charge in [0.2, 0.25) is 0 Å². The first kappa shape index (κ1) is 15.6. The highest BCUT2D eigenvalue weighted by Crippen LogP contribution is 2.43. The van der Waals surface area contributed by atoms with Gasteiger partial charge in [0.05, 0.1) is 25.5 Å². The van der Waals surface area contributed by atoms with Gasteiger partial charge < -0.3 is 19.5 Å². The lowest BCUT2D eigenvalue weighted by atomic mass is 10.1. The first-order valence-corrected chi connectivity index (χ1v) is 7.98. The molecule has 0 saturated heterocycles. The molecule has 0 fully saturated rings. The van der Waals surface area contributed by atoms with Crippen LogP contribution in [0.4, 0.5) is 0 Å². The van der Waals surface area contributed by atoms with Crippen molar-refractivity contribution in [3.63, 3.8) is 0 Å². The van der Waals surface area contributed by atoms with E-state index in [1.54, 1.807) is 26.0 Å². The Morgan fingerprint density at radius 2 is 2.00 bits per heavy atom. The molecule has 0 saturated carbocycles. The molecule has 1 N–H and O–H groups in total. The summed E-state index contributed by atoms with van der Waals surface area (Å²) in [6.45, 7) is 2.19. The summed E-state index contributed by atoms with van der Waals surface area (Å²) in [5.74, 6) is 0.234. The molecule has 1 unspecified atom stereocenters. The van der Waals surface area contributed by atoms with E-state index in [4.69, 9.17) is 14.6 Å². The monoisotopic (exact) mass is 335 g/mol. The van der Waals surface area contributed by atoms with Gasteiger partial charge in [-0.2, -0.15) is 0 Å². The normalized spacial score (nSPS) is 14.9. The van der Waals surface area contributed by atoms with Gasteiger partial charge in [0, 0.05) is 34.3 Å². The van der Waals surface area contributed by atoms with Gasteiger partial charge in [-0.05, 0) is 13.0 Å². The molecule has 0 bridgehead atoms. The van der Waals surface area contributed by atoms with Crippen molar-refractivity contribution in [2.75, 3.05) is 14.2 Å². The Hall–Kier alpha value is -2.28. The average Bonchev–Trinajstić information content (AvgIpc) is 3.02. The number of thiophene rings is 1. The molecule has 1 aromatic heterocycles. The molecule has 2 aromatic rings. The lowest BCUT2D eigenvalue weighted by molar-refractivity contribution is -0.138. The molecule has 0 spiro atoms. The van der Waals surface area contributed by atoms with Crippen LogP contribution in [0.2, 0.25) is 0 Å². The third-order valence-corrected chi connectivity index (χ3v) is 5.27. The highest BCUT2D eigenvalue weighted by atomic mass is 32.1. The Balaban J connectivity index is 2.02. The largest absolute Gasteiger partial charge is 0.493 e. The number of carboxylic acid groups (broad SMARTS) is 1. The van der Waals surface area contributed by atoms with Gasteiger partial charge in [-0.3, -0.25) is 9.59 Å². The molecule has 1 atom stereocenters. The highest BCUT2D eigenvalue weighted by molar-refractivity contribution is 7.21. The van der Waals surface area contributed by atoms with Gasteiger partial charge in [-0.15, -0.1) is 11.3 Å². The topological polar surface area (TPSA) is 76.1 Å². The maximum absolute atomic E-state index is 12.6. The minimum atomic E-state index is -0.906. The van der Waals surface area contributed by atoms with Gasteiger partial charge in [0.15, 0.2) is 11.5 Å². The van der Waals surface area contributed by atoms with Gasteiger partial charge in [-0.1, -0.05) is 0 Å². The van der Waals surface area contributed by atoms with E-state index in [1.807, 2.05) is 12.1 Å². The minimum absolute atomic E-state index is 0.0598. The molecule has 3 rings (SSSR count). The number of hydrogen-bond acceptors (Lipinski definition) is 5. The van der Waals surface area contributed by atoms with Gasteiger partial charge in [0.25, 0.3) is 5.91 Å². The van der Waals surface area contributed by atoms with Crippen LogP contribution in [-0.4, -0.2) is 42.1 Å². The number of ether oxygens (including phenoxy) is 2. The molecular weight excluding hydrogens is 318 g/mol. The van der Waals surface area contributed by atoms with Crippen molar-refractivity contribution in [3.8, 4) is 11.5 Å². The van der Waals surface area contributed by atoms with E-state index in [0.717, 1.165) is 15.6 Å². The van der Waals surface area contributed by atoms with Crippen LogP contribution in [0.15, 0.2) is 12.1 Å². The SMILES string of the molecule is COc1cc2sc3c(c2cc1OC)CN(C(C)CC(=O)O)C3=O. The number of methoxy groups -OCH3 is 2. The summed E-state index contributed by atoms with van der Waals surface area (Å²) >= 11 is 1.41. The zero-order valence-corrected chi connectivity index (χ0v) is 13.9. The number of hydrogen-bond donors (Lipinski definition) is 1. The van der Waals surface area contributed by atoms with Crippen molar-refractivity contribution in [2.45, 2.75) is 25.9 Å². The molecule has 122 valence electrons. The number of carboxylic acids is 1. The predicted octanol–water partition coefficient (Wildman–Crippen LogP) is 2.74. The molecule has 1 aromatic carbocycles. The summed E-state index contributed by atoms with van der Waals surface area (Å²) in [7, 11) is 3.15. The summed E-state index contributed by atoms with van der Waals surface area (Å²) in [5, 5.41) is 9.89. The van der Waals surface area contributed by atoms with Crippen LogP contribution in [0.5, 0.6) is 11.5 Å². The zero-order chi connectivity index (χ0) is 16.7. The van der Waals surface area contributed by atoms with E-state index in [0.29, 0.717) is 22.9 Å². The maximum Gasteiger partial charge on any atom is 0.305 e. The third-order valence-electron chi connectivity index (χ3n) is 4.08. The Morgan fingerprint density at radius 1 is 1.35 bits per heavy atom. The Morgan fingerprint density at radius 3 is 2.61 bits per heavy atom. The van der Waals surface area contributed by atoms with Gasteiger partial charge in [0.1, 0.15) is 0 Å². The number of carbonyl (C=O) groups excluding carboxylic acids is 1. The minimum Gasteiger partial charge on any atom is -0.493 e. The lowest BCUT2D eigenvalue weighted by Gasteiger charge is -2.22. The Bertz CT molecular complexity index is 797. The lowest BCUT2D eigenvalue weighted by Crippen LogP contribution is -2.34. The first-order valence-electron chi connectivity index (χ1n) is 7.16.